The van der Waals surface area contributed by atoms with Crippen LogP contribution in [-0.4, -0.2) is 41.5 Å². The maximum absolute atomic E-state index is 13.0. The second kappa shape index (κ2) is 10.6. The molecule has 3 aromatic rings. The van der Waals surface area contributed by atoms with E-state index >= 15 is 0 Å². The highest BCUT2D eigenvalue weighted by Gasteiger charge is 2.21. The van der Waals surface area contributed by atoms with Crippen LogP contribution >= 0.6 is 11.6 Å². The van der Waals surface area contributed by atoms with Crippen molar-refractivity contribution in [2.24, 2.45) is 5.92 Å². The van der Waals surface area contributed by atoms with E-state index < -0.39 is 6.61 Å². The normalized spacial score (nSPS) is 15.0. The van der Waals surface area contributed by atoms with Crippen LogP contribution in [0.15, 0.2) is 42.6 Å². The van der Waals surface area contributed by atoms with Crippen LogP contribution in [0.25, 0.3) is 5.65 Å². The minimum absolute atomic E-state index is 0.0684. The number of anilines is 1. The summed E-state index contributed by atoms with van der Waals surface area (Å²) < 4.78 is 30.7. The van der Waals surface area contributed by atoms with Gasteiger partial charge in [-0.05, 0) is 55.4 Å². The Morgan fingerprint density at radius 2 is 1.94 bits per heavy atom. The second-order valence-corrected chi connectivity index (χ2v) is 8.88. The Balaban J connectivity index is 1.34. The fourth-order valence-corrected chi connectivity index (χ4v) is 4.58. The van der Waals surface area contributed by atoms with Gasteiger partial charge in [-0.3, -0.25) is 9.20 Å². The quantitative estimate of drug-likeness (QED) is 0.366. The molecule has 0 spiro atoms. The Kier molecular flexibility index (Phi) is 7.60. The van der Waals surface area contributed by atoms with E-state index in [1.807, 2.05) is 11.3 Å². The topological polar surface area (TPSA) is 46.8 Å². The first-order valence-electron chi connectivity index (χ1n) is 11.4. The second-order valence-electron chi connectivity index (χ2n) is 8.45. The fourth-order valence-electron chi connectivity index (χ4n) is 4.43. The number of piperidine rings is 1. The number of imidazole rings is 1. The third-order valence-corrected chi connectivity index (χ3v) is 6.51. The molecule has 1 aliphatic rings. The molecule has 1 aliphatic heterocycles. The van der Waals surface area contributed by atoms with Gasteiger partial charge in [-0.25, -0.2) is 4.98 Å². The van der Waals surface area contributed by atoms with Gasteiger partial charge < -0.3 is 9.64 Å². The smallest absolute Gasteiger partial charge is 0.345 e. The lowest BCUT2D eigenvalue weighted by Gasteiger charge is -2.33. The third kappa shape index (κ3) is 5.71. The van der Waals surface area contributed by atoms with Crippen LogP contribution < -0.4 is 4.90 Å². The molecule has 0 unspecified atom stereocenters. The van der Waals surface area contributed by atoms with E-state index in [-0.39, 0.29) is 18.3 Å². The molecule has 4 rings (SSSR count). The number of rotatable bonds is 9. The fraction of sp³-hybridized carbons (Fsp3) is 0.440. The highest BCUT2D eigenvalue weighted by atomic mass is 35.5. The number of aromatic nitrogens is 2. The Morgan fingerprint density at radius 1 is 1.21 bits per heavy atom. The van der Waals surface area contributed by atoms with E-state index in [1.165, 1.54) is 0 Å². The first-order valence-corrected chi connectivity index (χ1v) is 11.8. The molecular formula is C25H28ClF2N3O2. The molecule has 5 nitrogen and oxygen atoms in total. The van der Waals surface area contributed by atoms with E-state index in [0.717, 1.165) is 42.9 Å². The lowest BCUT2D eigenvalue weighted by molar-refractivity contribution is -0.139. The molecule has 3 heterocycles. The van der Waals surface area contributed by atoms with Crippen molar-refractivity contribution in [3.05, 3.63) is 64.6 Å². The van der Waals surface area contributed by atoms with Crippen molar-refractivity contribution < 1.29 is 18.3 Å². The number of pyridine rings is 1. The number of hydrogen-bond acceptors (Lipinski definition) is 4. The molecule has 176 valence electrons. The number of hydrogen-bond donors (Lipinski definition) is 0. The van der Waals surface area contributed by atoms with Crippen LogP contribution in [-0.2, 0) is 17.6 Å². The van der Waals surface area contributed by atoms with Crippen molar-refractivity contribution >= 4 is 28.7 Å². The number of halogens is 3. The zero-order valence-electron chi connectivity index (χ0n) is 18.6. The Hall–Kier alpha value is -2.51. The van der Waals surface area contributed by atoms with Gasteiger partial charge in [-0.15, -0.1) is 0 Å². The average Bonchev–Trinajstić information content (AvgIpc) is 3.19. The van der Waals surface area contributed by atoms with Crippen LogP contribution in [0, 0.1) is 5.92 Å². The Labute approximate surface area is 197 Å². The molecule has 1 fully saturated rings. The van der Waals surface area contributed by atoms with Crippen LogP contribution in [0.4, 0.5) is 14.5 Å². The van der Waals surface area contributed by atoms with Gasteiger partial charge in [0.1, 0.15) is 11.3 Å². The Bertz CT molecular complexity index is 1090. The maximum Gasteiger partial charge on any atom is 0.345 e. The molecule has 0 aliphatic carbocycles. The number of carbonyl (C=O) groups is 1. The molecule has 8 heteroatoms. The minimum Gasteiger partial charge on any atom is -0.372 e. The van der Waals surface area contributed by atoms with E-state index in [1.54, 1.807) is 18.3 Å². The lowest BCUT2D eigenvalue weighted by atomic mass is 9.97. The molecule has 0 N–H and O–H groups in total. The predicted molar refractivity (Wildman–Crippen MR) is 126 cm³/mol. The molecule has 0 atom stereocenters. The summed E-state index contributed by atoms with van der Waals surface area (Å²) in [6, 6.07) is 11.8. The van der Waals surface area contributed by atoms with Crippen LogP contribution in [0.2, 0.25) is 5.02 Å². The monoisotopic (exact) mass is 475 g/mol. The molecule has 1 saturated heterocycles. The van der Waals surface area contributed by atoms with Gasteiger partial charge in [-0.2, -0.15) is 8.78 Å². The van der Waals surface area contributed by atoms with Crippen LogP contribution in [0.1, 0.15) is 47.9 Å². The first-order chi connectivity index (χ1) is 15.9. The van der Waals surface area contributed by atoms with Crippen LogP contribution in [0.3, 0.4) is 0 Å². The summed E-state index contributed by atoms with van der Waals surface area (Å²) in [5.74, 6) is 0.253. The molecule has 0 radical (unpaired) electrons. The molecular weight excluding hydrogens is 448 g/mol. The maximum atomic E-state index is 13.0. The molecule has 0 amide bonds. The van der Waals surface area contributed by atoms with Crippen molar-refractivity contribution in [2.75, 3.05) is 24.6 Å². The predicted octanol–water partition coefficient (Wildman–Crippen LogP) is 5.82. The van der Waals surface area contributed by atoms with Gasteiger partial charge in [-0.1, -0.05) is 30.7 Å². The zero-order chi connectivity index (χ0) is 23.4. The van der Waals surface area contributed by atoms with Crippen molar-refractivity contribution in [3.63, 3.8) is 0 Å². The van der Waals surface area contributed by atoms with Crippen molar-refractivity contribution in [1.82, 2.24) is 9.38 Å². The van der Waals surface area contributed by atoms with Gasteiger partial charge in [0.25, 0.3) is 0 Å². The number of ketones is 1. The van der Waals surface area contributed by atoms with Gasteiger partial charge in [0, 0.05) is 42.5 Å². The number of aryl methyl sites for hydroxylation is 2. The number of Topliss-reactive ketones (excluding diaryl/α,β-unsaturated/α-hetero) is 1. The van der Waals surface area contributed by atoms with Crippen molar-refractivity contribution in [2.45, 2.75) is 45.6 Å². The highest BCUT2D eigenvalue weighted by Crippen LogP contribution is 2.25. The largest absolute Gasteiger partial charge is 0.372 e. The molecule has 0 saturated carbocycles. The summed E-state index contributed by atoms with van der Waals surface area (Å²) in [6.45, 7) is 1.08. The summed E-state index contributed by atoms with van der Waals surface area (Å²) in [6.07, 6.45) is 5.21. The number of fused-ring (bicyclic) bond motifs is 1. The van der Waals surface area contributed by atoms with E-state index in [4.69, 9.17) is 11.6 Å². The number of nitrogens with zero attached hydrogens (tertiary/aromatic N) is 3. The Morgan fingerprint density at radius 3 is 2.61 bits per heavy atom. The SMILES string of the molecule is CCc1nc2cc(Cl)ccn2c1C(=O)CCc1ccc(N2CCC(COC(F)F)CC2)cc1. The van der Waals surface area contributed by atoms with E-state index in [9.17, 15) is 13.6 Å². The standard InChI is InChI=1S/C25H28ClF2N3O2/c1-2-21-24(31-14-11-19(26)15-23(31)29-21)22(32)8-5-17-3-6-20(7-4-17)30-12-9-18(10-13-30)16-33-25(27)28/h3-4,6-7,11,14-15,18,25H,2,5,8-10,12-13,16H2,1H3. The van der Waals surface area contributed by atoms with Crippen molar-refractivity contribution in [1.29, 1.82) is 0 Å². The van der Waals surface area contributed by atoms with Gasteiger partial charge in [0.05, 0.1) is 12.3 Å². The third-order valence-electron chi connectivity index (χ3n) is 6.27. The summed E-state index contributed by atoms with van der Waals surface area (Å²) >= 11 is 6.07. The first kappa shape index (κ1) is 23.6. The summed E-state index contributed by atoms with van der Waals surface area (Å²) in [4.78, 5) is 19.9. The summed E-state index contributed by atoms with van der Waals surface area (Å²) in [5.41, 5.74) is 4.34. The summed E-state index contributed by atoms with van der Waals surface area (Å²) in [7, 11) is 0. The average molecular weight is 476 g/mol. The van der Waals surface area contributed by atoms with Crippen molar-refractivity contribution in [3.8, 4) is 0 Å². The lowest BCUT2D eigenvalue weighted by Crippen LogP contribution is -2.35. The highest BCUT2D eigenvalue weighted by molar-refractivity contribution is 6.30. The number of ether oxygens (including phenoxy) is 1. The van der Waals surface area contributed by atoms with E-state index in [0.29, 0.717) is 35.6 Å². The minimum atomic E-state index is -2.69. The summed E-state index contributed by atoms with van der Waals surface area (Å²) in [5, 5.41) is 0.597. The van der Waals surface area contributed by atoms with Gasteiger partial charge >= 0.3 is 6.61 Å². The molecule has 2 aromatic heterocycles. The van der Waals surface area contributed by atoms with Crippen LogP contribution in [0.5, 0.6) is 0 Å². The zero-order valence-corrected chi connectivity index (χ0v) is 19.4. The van der Waals surface area contributed by atoms with Gasteiger partial charge in [0.2, 0.25) is 0 Å². The van der Waals surface area contributed by atoms with E-state index in [2.05, 4.69) is 38.9 Å². The number of carbonyl (C=O) groups excluding carboxylic acids is 1. The number of alkyl halides is 2. The number of benzene rings is 1. The molecule has 0 bridgehead atoms. The molecule has 1 aromatic carbocycles. The van der Waals surface area contributed by atoms with Gasteiger partial charge in [0.15, 0.2) is 5.78 Å². The molecule has 33 heavy (non-hydrogen) atoms.